The van der Waals surface area contributed by atoms with Crippen molar-refractivity contribution in [2.75, 3.05) is 20.1 Å². The average Bonchev–Trinajstić information content (AvgIpc) is 3.94. The number of thioether (sulfide) groups is 1. The molecule has 2 aromatic heterocycles. The van der Waals surface area contributed by atoms with Crippen LogP contribution in [0, 0.1) is 6.92 Å². The Morgan fingerprint density at radius 1 is 0.919 bits per heavy atom. The lowest BCUT2D eigenvalue weighted by molar-refractivity contribution is 0.305. The van der Waals surface area contributed by atoms with Crippen LogP contribution in [-0.4, -0.2) is 34.6 Å². The summed E-state index contributed by atoms with van der Waals surface area (Å²) in [5, 5.41) is 4.53. The quantitative estimate of drug-likeness (QED) is 0.0682. The molecule has 2 unspecified atom stereocenters. The van der Waals surface area contributed by atoms with Gasteiger partial charge in [0.15, 0.2) is 0 Å². The van der Waals surface area contributed by atoms with E-state index in [4.69, 9.17) is 6.58 Å². The standard InChI is InChI=1S/C55H58N4S.C2H6/c1-9-12-26-52-42(5)50-40-47(34-35-53(50)59(52)54-27-18-20-38-58(54)8)46(33-30-44-28-31-45(32-29-44)51-25-21-37-57-51)39-48(10-2)55(7,49-23-16-13-17-24-49)43(6)60-41(4)22-15-14-19-36-56-11-3;1-2/h9-10,12-35,37-40,54,56-57H,1,4,6,11,36H2,2-3,5,7-8H3;1-2H3/b19-14-,22-15-,26-12-,33-30+,46-39+,48-10+;. The molecule has 1 aliphatic rings. The summed E-state index contributed by atoms with van der Waals surface area (Å²) in [7, 11) is 2.13. The molecule has 0 fully saturated rings. The van der Waals surface area contributed by atoms with Crippen LogP contribution in [0.4, 0.5) is 0 Å². The van der Waals surface area contributed by atoms with Gasteiger partial charge in [-0.25, -0.2) is 0 Å². The predicted octanol–water partition coefficient (Wildman–Crippen LogP) is 15.2. The van der Waals surface area contributed by atoms with E-state index in [0.29, 0.717) is 0 Å². The van der Waals surface area contributed by atoms with E-state index in [-0.39, 0.29) is 6.17 Å². The number of aromatic nitrogens is 2. The number of aryl methyl sites for hydroxylation is 1. The van der Waals surface area contributed by atoms with Gasteiger partial charge >= 0.3 is 0 Å². The molecule has 3 heterocycles. The third-order valence-electron chi connectivity index (χ3n) is 11.1. The van der Waals surface area contributed by atoms with Gasteiger partial charge in [0.05, 0.1) is 5.52 Å². The van der Waals surface area contributed by atoms with Crippen molar-refractivity contribution in [1.82, 2.24) is 19.8 Å². The van der Waals surface area contributed by atoms with E-state index in [9.17, 15) is 0 Å². The number of H-pyrrole nitrogens is 1. The Labute approximate surface area is 376 Å². The summed E-state index contributed by atoms with van der Waals surface area (Å²) in [5.41, 5.74) is 10.9. The van der Waals surface area contributed by atoms with Crippen LogP contribution in [0.3, 0.4) is 0 Å². The zero-order valence-corrected chi connectivity index (χ0v) is 38.6. The lowest BCUT2D eigenvalue weighted by Gasteiger charge is -2.34. The number of likely N-dealkylation sites (N-methyl/N-ethyl adjacent to an activating group) is 2. The zero-order valence-electron chi connectivity index (χ0n) is 37.7. The maximum Gasteiger partial charge on any atom is 0.125 e. The van der Waals surface area contributed by atoms with E-state index in [1.165, 1.54) is 16.5 Å². The van der Waals surface area contributed by atoms with Gasteiger partial charge in [0, 0.05) is 53.1 Å². The van der Waals surface area contributed by atoms with Crippen molar-refractivity contribution in [3.63, 3.8) is 0 Å². The SMILES string of the molecule is C=C/C=C\c1c(C)c2cc(C(/C=C/c3ccc(-c4ccc[nH]4)cc3)=C/C(=C\C)C(C)(C(=C)SC(=C)/C=C\C=C/CNCC)c3ccccc3)ccc2n1C1C=CC=CN1C.CC. The minimum atomic E-state index is -0.549. The second-order valence-electron chi connectivity index (χ2n) is 15.0. The lowest BCUT2D eigenvalue weighted by atomic mass is 9.74. The summed E-state index contributed by atoms with van der Waals surface area (Å²) in [6, 6.07) is 30.4. The smallest absolute Gasteiger partial charge is 0.125 e. The molecule has 1 aliphatic heterocycles. The van der Waals surface area contributed by atoms with Crippen molar-refractivity contribution in [2.45, 2.75) is 53.1 Å². The van der Waals surface area contributed by atoms with E-state index in [2.05, 4.69) is 220 Å². The highest BCUT2D eigenvalue weighted by atomic mass is 32.2. The average molecular weight is 837 g/mol. The minimum Gasteiger partial charge on any atom is -0.361 e. The Kier molecular flexibility index (Phi) is 17.4. The van der Waals surface area contributed by atoms with Crippen molar-refractivity contribution in [2.24, 2.45) is 0 Å². The fourth-order valence-electron chi connectivity index (χ4n) is 7.64. The molecule has 2 N–H and O–H groups in total. The van der Waals surface area contributed by atoms with Gasteiger partial charge in [-0.1, -0.05) is 174 Å². The summed E-state index contributed by atoms with van der Waals surface area (Å²) in [4.78, 5) is 7.49. The number of rotatable bonds is 18. The first kappa shape index (κ1) is 46.8. The molecule has 62 heavy (non-hydrogen) atoms. The molecule has 0 saturated carbocycles. The van der Waals surface area contributed by atoms with Gasteiger partial charge in [0.1, 0.15) is 6.17 Å². The van der Waals surface area contributed by atoms with Gasteiger partial charge in [-0.3, -0.25) is 0 Å². The molecular weight excluding hydrogens is 773 g/mol. The summed E-state index contributed by atoms with van der Waals surface area (Å²) in [6.45, 7) is 27.7. The largest absolute Gasteiger partial charge is 0.361 e. The molecule has 5 heteroatoms. The molecule has 4 nitrogen and oxygen atoms in total. The predicted molar refractivity (Wildman–Crippen MR) is 276 cm³/mol. The van der Waals surface area contributed by atoms with Crippen molar-refractivity contribution in [1.29, 1.82) is 0 Å². The van der Waals surface area contributed by atoms with Crippen molar-refractivity contribution in [3.05, 3.63) is 233 Å². The summed E-state index contributed by atoms with van der Waals surface area (Å²) >= 11 is 1.63. The fourth-order valence-corrected chi connectivity index (χ4v) is 8.54. The van der Waals surface area contributed by atoms with Crippen LogP contribution in [0.1, 0.15) is 68.7 Å². The van der Waals surface area contributed by atoms with Crippen LogP contribution < -0.4 is 5.32 Å². The minimum absolute atomic E-state index is 0.0359. The topological polar surface area (TPSA) is 36.0 Å². The van der Waals surface area contributed by atoms with Gasteiger partial charge in [-0.15, -0.1) is 0 Å². The van der Waals surface area contributed by atoms with E-state index in [0.717, 1.165) is 67.7 Å². The lowest BCUT2D eigenvalue weighted by Crippen LogP contribution is -2.25. The summed E-state index contributed by atoms with van der Waals surface area (Å²) in [5.74, 6) is 0. The van der Waals surface area contributed by atoms with Crippen LogP contribution >= 0.6 is 11.8 Å². The number of benzene rings is 3. The molecule has 0 aliphatic carbocycles. The first-order valence-electron chi connectivity index (χ1n) is 21.7. The highest BCUT2D eigenvalue weighted by Gasteiger charge is 2.34. The second-order valence-corrected chi connectivity index (χ2v) is 16.2. The molecule has 0 radical (unpaired) electrons. The highest BCUT2D eigenvalue weighted by Crippen LogP contribution is 2.47. The Hall–Kier alpha value is -6.27. The van der Waals surface area contributed by atoms with E-state index in [1.54, 1.807) is 11.8 Å². The molecule has 0 spiro atoms. The van der Waals surface area contributed by atoms with Gasteiger partial charge < -0.3 is 19.8 Å². The second kappa shape index (κ2) is 23.1. The Morgan fingerprint density at radius 3 is 2.37 bits per heavy atom. The van der Waals surface area contributed by atoms with E-state index >= 15 is 0 Å². The van der Waals surface area contributed by atoms with Crippen LogP contribution in [0.5, 0.6) is 0 Å². The van der Waals surface area contributed by atoms with Crippen LogP contribution in [0.2, 0.25) is 0 Å². The van der Waals surface area contributed by atoms with Gasteiger partial charge in [-0.2, -0.15) is 0 Å². The zero-order chi connectivity index (χ0) is 44.5. The Balaban J connectivity index is 0.00000358. The Morgan fingerprint density at radius 2 is 1.69 bits per heavy atom. The van der Waals surface area contributed by atoms with Crippen molar-refractivity contribution < 1.29 is 0 Å². The molecule has 0 bridgehead atoms. The molecule has 6 rings (SSSR count). The number of fused-ring (bicyclic) bond motifs is 1. The van der Waals surface area contributed by atoms with Gasteiger partial charge in [-0.05, 0) is 120 Å². The molecule has 2 atom stereocenters. The monoisotopic (exact) mass is 836 g/mol. The molecule has 3 aromatic carbocycles. The Bertz CT molecular complexity index is 2530. The van der Waals surface area contributed by atoms with E-state index < -0.39 is 5.41 Å². The fraction of sp³-hybridized carbons (Fsp3) is 0.193. The molecule has 318 valence electrons. The number of hydrogen-bond donors (Lipinski definition) is 2. The van der Waals surface area contributed by atoms with E-state index in [1.807, 2.05) is 44.3 Å². The third kappa shape index (κ3) is 11.2. The van der Waals surface area contributed by atoms with Crippen LogP contribution in [-0.2, 0) is 5.41 Å². The van der Waals surface area contributed by atoms with Crippen LogP contribution in [0.15, 0.2) is 205 Å². The number of aromatic amines is 1. The molecule has 0 saturated heterocycles. The molecule has 0 amide bonds. The number of hydrogen-bond acceptors (Lipinski definition) is 3. The number of allylic oxidation sites excluding steroid dienone is 13. The van der Waals surface area contributed by atoms with Crippen molar-refractivity contribution in [3.8, 4) is 11.3 Å². The highest BCUT2D eigenvalue weighted by molar-refractivity contribution is 8.07. The van der Waals surface area contributed by atoms with Crippen molar-refractivity contribution >= 4 is 40.4 Å². The van der Waals surface area contributed by atoms with Gasteiger partial charge in [0.2, 0.25) is 0 Å². The number of nitrogens with zero attached hydrogens (tertiary/aromatic N) is 2. The third-order valence-corrected chi connectivity index (χ3v) is 12.2. The number of nitrogens with one attached hydrogen (secondary N) is 2. The maximum absolute atomic E-state index is 4.74. The summed E-state index contributed by atoms with van der Waals surface area (Å²) in [6.07, 6.45) is 33.9. The first-order chi connectivity index (χ1) is 30.2. The maximum atomic E-state index is 4.74. The molecular formula is C57H64N4S. The summed E-state index contributed by atoms with van der Waals surface area (Å²) < 4.78 is 2.42. The van der Waals surface area contributed by atoms with Gasteiger partial charge in [0.25, 0.3) is 0 Å². The molecule has 5 aromatic rings. The normalized spacial score (nSPS) is 15.5. The first-order valence-corrected chi connectivity index (χ1v) is 22.5. The van der Waals surface area contributed by atoms with Crippen LogP contribution in [0.25, 0.3) is 39.9 Å².